The Bertz CT molecular complexity index is 222. The van der Waals surface area contributed by atoms with Gasteiger partial charge >= 0.3 is 59.1 Å². The normalized spacial score (nSPS) is 10.4. The van der Waals surface area contributed by atoms with Crippen LogP contribution < -0.4 is 69.3 Å². The molecule has 0 amide bonds. The molecule has 0 bridgehead atoms. The fourth-order valence-corrected chi connectivity index (χ4v) is 1.34. The van der Waals surface area contributed by atoms with Gasteiger partial charge in [-0.15, -0.1) is 0 Å². The van der Waals surface area contributed by atoms with Gasteiger partial charge in [-0.3, -0.25) is 0 Å². The molecule has 4 nitrogen and oxygen atoms in total. The summed E-state index contributed by atoms with van der Waals surface area (Å²) in [6, 6.07) is 0. The predicted octanol–water partition coefficient (Wildman–Crippen LogP) is -6.28. The van der Waals surface area contributed by atoms with Crippen molar-refractivity contribution in [2.45, 2.75) is 46.5 Å². The van der Waals surface area contributed by atoms with E-state index in [0.717, 1.165) is 12.8 Å². The zero-order valence-electron chi connectivity index (χ0n) is 11.5. The summed E-state index contributed by atoms with van der Waals surface area (Å²) < 4.78 is 0. The van der Waals surface area contributed by atoms with Gasteiger partial charge in [-0.25, -0.2) is 0 Å². The number of carboxylic acid groups (broad SMARTS) is 2. The number of unbranched alkanes of at least 4 members (excludes halogenated alkanes) is 1. The molecule has 0 saturated carbocycles. The van der Waals surface area contributed by atoms with E-state index in [-0.39, 0.29) is 71.0 Å². The van der Waals surface area contributed by atoms with E-state index in [1.165, 1.54) is 0 Å². The van der Waals surface area contributed by atoms with E-state index in [9.17, 15) is 19.8 Å². The van der Waals surface area contributed by atoms with Crippen molar-refractivity contribution in [3.8, 4) is 0 Å². The standard InChI is InChI=1S/C11H20O4.2Na/c1-11(2,3)7-5-4-6-8(9(12)13)10(14)15;;/h8H,4-7H2,1-3H3,(H,12,13)(H,14,15);;/q;2*+1/p-2. The van der Waals surface area contributed by atoms with E-state index in [4.69, 9.17) is 0 Å². The van der Waals surface area contributed by atoms with Crippen LogP contribution in [0.4, 0.5) is 0 Å². The summed E-state index contributed by atoms with van der Waals surface area (Å²) in [4.78, 5) is 20.8. The first-order valence-corrected chi connectivity index (χ1v) is 5.16. The number of hydrogen-bond acceptors (Lipinski definition) is 4. The summed E-state index contributed by atoms with van der Waals surface area (Å²) in [5, 5.41) is 20.8. The Labute approximate surface area is 147 Å². The average molecular weight is 260 g/mol. The van der Waals surface area contributed by atoms with Crippen LogP contribution in [-0.2, 0) is 9.59 Å². The maximum Gasteiger partial charge on any atom is 1.00 e. The molecule has 0 aliphatic heterocycles. The number of hydrogen-bond donors (Lipinski definition) is 0. The van der Waals surface area contributed by atoms with E-state index in [2.05, 4.69) is 20.8 Å². The van der Waals surface area contributed by atoms with Crippen LogP contribution in [0.25, 0.3) is 0 Å². The van der Waals surface area contributed by atoms with Crippen LogP contribution in [0.5, 0.6) is 0 Å². The van der Waals surface area contributed by atoms with Gasteiger partial charge in [-0.1, -0.05) is 33.6 Å². The Morgan fingerprint density at radius 3 is 1.71 bits per heavy atom. The average Bonchev–Trinajstić information content (AvgIpc) is 2.00. The van der Waals surface area contributed by atoms with Crippen LogP contribution in [0.1, 0.15) is 46.5 Å². The number of rotatable bonds is 6. The van der Waals surface area contributed by atoms with Crippen molar-refractivity contribution in [1.82, 2.24) is 0 Å². The van der Waals surface area contributed by atoms with E-state index >= 15 is 0 Å². The maximum absolute atomic E-state index is 10.4. The van der Waals surface area contributed by atoms with Gasteiger partial charge in [0.1, 0.15) is 0 Å². The first-order valence-electron chi connectivity index (χ1n) is 5.16. The molecule has 0 aliphatic carbocycles. The van der Waals surface area contributed by atoms with Crippen molar-refractivity contribution in [2.24, 2.45) is 11.3 Å². The smallest absolute Gasteiger partial charge is 0.549 e. The molecule has 0 aromatic rings. The monoisotopic (exact) mass is 260 g/mol. The Morgan fingerprint density at radius 1 is 1.00 bits per heavy atom. The Hall–Kier alpha value is 0.940. The second kappa shape index (κ2) is 10.8. The largest absolute Gasteiger partial charge is 1.00 e. The van der Waals surface area contributed by atoms with Gasteiger partial charge in [0, 0.05) is 5.92 Å². The van der Waals surface area contributed by atoms with Gasteiger partial charge < -0.3 is 19.8 Å². The molecule has 0 radical (unpaired) electrons. The van der Waals surface area contributed by atoms with Crippen molar-refractivity contribution >= 4 is 11.9 Å². The van der Waals surface area contributed by atoms with Crippen molar-refractivity contribution < 1.29 is 78.9 Å². The molecule has 0 unspecified atom stereocenters. The second-order valence-corrected chi connectivity index (χ2v) is 5.00. The number of aliphatic carboxylic acids is 2. The van der Waals surface area contributed by atoms with Gasteiger partial charge in [-0.2, -0.15) is 0 Å². The third-order valence-corrected chi connectivity index (χ3v) is 2.24. The molecule has 0 fully saturated rings. The van der Waals surface area contributed by atoms with Crippen molar-refractivity contribution in [2.75, 3.05) is 0 Å². The number of carboxylic acids is 2. The molecule has 0 aromatic carbocycles. The van der Waals surface area contributed by atoms with Crippen LogP contribution in [0.2, 0.25) is 0 Å². The van der Waals surface area contributed by atoms with Crippen molar-refractivity contribution in [3.05, 3.63) is 0 Å². The molecular formula is C11H18Na2O4. The fraction of sp³-hybridized carbons (Fsp3) is 0.818. The third-order valence-electron chi connectivity index (χ3n) is 2.24. The minimum Gasteiger partial charge on any atom is -0.549 e. The summed E-state index contributed by atoms with van der Waals surface area (Å²) in [7, 11) is 0. The molecule has 0 atom stereocenters. The zero-order valence-corrected chi connectivity index (χ0v) is 15.5. The van der Waals surface area contributed by atoms with E-state index in [0.29, 0.717) is 6.42 Å². The molecule has 0 spiro atoms. The van der Waals surface area contributed by atoms with Crippen LogP contribution in [0, 0.1) is 11.3 Å². The number of carbonyl (C=O) groups excluding carboxylic acids is 2. The number of carbonyl (C=O) groups is 2. The molecule has 0 N–H and O–H groups in total. The van der Waals surface area contributed by atoms with E-state index in [1.807, 2.05) is 0 Å². The SMILES string of the molecule is CC(C)(C)CCCCC(C(=O)[O-])C(=O)[O-].[Na+].[Na+]. The topological polar surface area (TPSA) is 80.3 Å². The predicted molar refractivity (Wildman–Crippen MR) is 51.4 cm³/mol. The van der Waals surface area contributed by atoms with Gasteiger partial charge in [-0.05, 0) is 18.3 Å². The van der Waals surface area contributed by atoms with Gasteiger partial charge in [0.05, 0.1) is 11.9 Å². The van der Waals surface area contributed by atoms with Gasteiger partial charge in [0.15, 0.2) is 0 Å². The fourth-order valence-electron chi connectivity index (χ4n) is 1.34. The quantitative estimate of drug-likeness (QED) is 0.270. The summed E-state index contributed by atoms with van der Waals surface area (Å²) in [6.07, 6.45) is 2.44. The van der Waals surface area contributed by atoms with Crippen molar-refractivity contribution in [3.63, 3.8) is 0 Å². The van der Waals surface area contributed by atoms with Gasteiger partial charge in [0.25, 0.3) is 0 Å². The summed E-state index contributed by atoms with van der Waals surface area (Å²) >= 11 is 0. The van der Waals surface area contributed by atoms with Crippen LogP contribution >= 0.6 is 0 Å². The molecule has 0 saturated heterocycles. The van der Waals surface area contributed by atoms with Crippen LogP contribution in [0.15, 0.2) is 0 Å². The molecule has 0 aromatic heterocycles. The third kappa shape index (κ3) is 13.2. The van der Waals surface area contributed by atoms with Gasteiger partial charge in [0.2, 0.25) is 0 Å². The summed E-state index contributed by atoms with van der Waals surface area (Å²) in [5.41, 5.74) is 0.193. The molecule has 0 aliphatic rings. The van der Waals surface area contributed by atoms with Crippen LogP contribution in [-0.4, -0.2) is 11.9 Å². The first-order chi connectivity index (χ1) is 6.74. The Balaban J connectivity index is -0.000000980. The molecule has 17 heavy (non-hydrogen) atoms. The maximum atomic E-state index is 10.4. The molecule has 0 heterocycles. The first kappa shape index (κ1) is 23.1. The minimum absolute atomic E-state index is 0. The zero-order chi connectivity index (χ0) is 12.1. The summed E-state index contributed by atoms with van der Waals surface area (Å²) in [6.45, 7) is 6.26. The van der Waals surface area contributed by atoms with Crippen molar-refractivity contribution in [1.29, 1.82) is 0 Å². The second-order valence-electron chi connectivity index (χ2n) is 5.00. The molecule has 88 valence electrons. The van der Waals surface area contributed by atoms with E-state index < -0.39 is 17.9 Å². The Morgan fingerprint density at radius 2 is 1.41 bits per heavy atom. The van der Waals surface area contributed by atoms with E-state index in [1.54, 1.807) is 0 Å². The summed E-state index contributed by atoms with van der Waals surface area (Å²) in [5.74, 6) is -4.57. The Kier molecular flexibility index (Phi) is 14.7. The molecule has 6 heteroatoms. The molecule has 0 rings (SSSR count). The minimum atomic E-state index is -1.55. The van der Waals surface area contributed by atoms with Crippen LogP contribution in [0.3, 0.4) is 0 Å². The molecular weight excluding hydrogens is 242 g/mol.